The molecule has 0 radical (unpaired) electrons. The highest BCUT2D eigenvalue weighted by atomic mass is 32.2. The first-order valence-electron chi connectivity index (χ1n) is 6.36. The molecule has 0 amide bonds. The Morgan fingerprint density at radius 1 is 1.40 bits per heavy atom. The SMILES string of the molecule is CC#Cc1cncc(/C=C/C(C)=N/[S+]([O-])C(C)(C)C)c1. The van der Waals surface area contributed by atoms with Crippen molar-refractivity contribution >= 4 is 23.1 Å². The molecule has 0 N–H and O–H groups in total. The van der Waals surface area contributed by atoms with Crippen molar-refractivity contribution < 1.29 is 4.55 Å². The van der Waals surface area contributed by atoms with Crippen molar-refractivity contribution in [2.24, 2.45) is 4.40 Å². The van der Waals surface area contributed by atoms with E-state index in [9.17, 15) is 4.55 Å². The zero-order chi connectivity index (χ0) is 15.2. The lowest BCUT2D eigenvalue weighted by atomic mass is 10.2. The second kappa shape index (κ2) is 7.28. The lowest BCUT2D eigenvalue weighted by Gasteiger charge is -2.18. The largest absolute Gasteiger partial charge is 0.591 e. The van der Waals surface area contributed by atoms with Crippen LogP contribution in [0.2, 0.25) is 0 Å². The number of aromatic nitrogens is 1. The Labute approximate surface area is 124 Å². The van der Waals surface area contributed by atoms with E-state index in [-0.39, 0.29) is 4.75 Å². The number of rotatable bonds is 3. The molecule has 20 heavy (non-hydrogen) atoms. The fraction of sp³-hybridized carbons (Fsp3) is 0.375. The van der Waals surface area contributed by atoms with Crippen LogP contribution in [0, 0.1) is 11.8 Å². The predicted octanol–water partition coefficient (Wildman–Crippen LogP) is 3.39. The number of nitrogens with zero attached hydrogens (tertiary/aromatic N) is 2. The Hall–Kier alpha value is -1.57. The molecule has 1 aromatic rings. The van der Waals surface area contributed by atoms with E-state index in [0.717, 1.165) is 16.8 Å². The molecule has 0 saturated carbocycles. The Morgan fingerprint density at radius 3 is 2.70 bits per heavy atom. The van der Waals surface area contributed by atoms with Gasteiger partial charge in [0.25, 0.3) is 0 Å². The third-order valence-electron chi connectivity index (χ3n) is 2.30. The second-order valence-electron chi connectivity index (χ2n) is 5.31. The van der Waals surface area contributed by atoms with E-state index in [4.69, 9.17) is 0 Å². The summed E-state index contributed by atoms with van der Waals surface area (Å²) in [6.45, 7) is 9.34. The molecule has 1 atom stereocenters. The minimum atomic E-state index is -1.23. The van der Waals surface area contributed by atoms with Gasteiger partial charge >= 0.3 is 0 Å². The molecule has 0 saturated heterocycles. The van der Waals surface area contributed by atoms with Gasteiger partial charge in [-0.25, -0.2) is 0 Å². The molecule has 0 fully saturated rings. The summed E-state index contributed by atoms with van der Waals surface area (Å²) >= 11 is -1.23. The monoisotopic (exact) mass is 288 g/mol. The first-order valence-corrected chi connectivity index (χ1v) is 7.47. The van der Waals surface area contributed by atoms with E-state index in [1.165, 1.54) is 0 Å². The van der Waals surface area contributed by atoms with Crippen molar-refractivity contribution in [3.63, 3.8) is 0 Å². The van der Waals surface area contributed by atoms with Crippen LogP contribution in [0.3, 0.4) is 0 Å². The van der Waals surface area contributed by atoms with E-state index in [2.05, 4.69) is 21.2 Å². The Morgan fingerprint density at radius 2 is 2.10 bits per heavy atom. The summed E-state index contributed by atoms with van der Waals surface area (Å²) < 4.78 is 15.7. The third-order valence-corrected chi connectivity index (χ3v) is 3.80. The topological polar surface area (TPSA) is 48.3 Å². The molecule has 1 unspecified atom stereocenters. The quantitative estimate of drug-likeness (QED) is 0.486. The third kappa shape index (κ3) is 5.60. The average molecular weight is 288 g/mol. The maximum atomic E-state index is 11.9. The Kier molecular flexibility index (Phi) is 6.00. The molecule has 1 rings (SSSR count). The molecule has 0 aliphatic heterocycles. The van der Waals surface area contributed by atoms with Crippen molar-refractivity contribution in [3.05, 3.63) is 35.7 Å². The van der Waals surface area contributed by atoms with E-state index in [1.807, 2.05) is 45.9 Å². The highest BCUT2D eigenvalue weighted by Gasteiger charge is 2.26. The summed E-state index contributed by atoms with van der Waals surface area (Å²) in [6.07, 6.45) is 7.21. The number of pyridine rings is 1. The molecule has 0 aliphatic carbocycles. The van der Waals surface area contributed by atoms with Crippen LogP contribution in [0.4, 0.5) is 0 Å². The summed E-state index contributed by atoms with van der Waals surface area (Å²) in [4.78, 5) is 4.13. The van der Waals surface area contributed by atoms with Gasteiger partial charge < -0.3 is 4.55 Å². The molecule has 1 aromatic heterocycles. The molecule has 4 heteroatoms. The lowest BCUT2D eigenvalue weighted by Crippen LogP contribution is -2.26. The van der Waals surface area contributed by atoms with Crippen molar-refractivity contribution in [1.29, 1.82) is 0 Å². The van der Waals surface area contributed by atoms with Gasteiger partial charge in [-0.3, -0.25) is 4.98 Å². The summed E-state index contributed by atoms with van der Waals surface area (Å²) in [6, 6.07) is 1.95. The molecular formula is C16H20N2OS. The molecule has 0 bridgehead atoms. The number of hydrogen-bond acceptors (Lipinski definition) is 3. The van der Waals surface area contributed by atoms with E-state index < -0.39 is 11.4 Å². The summed E-state index contributed by atoms with van der Waals surface area (Å²) in [7, 11) is 0. The van der Waals surface area contributed by atoms with Crippen molar-refractivity contribution in [2.75, 3.05) is 0 Å². The van der Waals surface area contributed by atoms with Crippen LogP contribution in [0.1, 0.15) is 45.7 Å². The maximum absolute atomic E-state index is 11.9. The van der Waals surface area contributed by atoms with E-state index in [1.54, 1.807) is 19.3 Å². The highest BCUT2D eigenvalue weighted by Crippen LogP contribution is 2.17. The van der Waals surface area contributed by atoms with Crippen molar-refractivity contribution in [2.45, 2.75) is 39.4 Å². The molecule has 0 aliphatic rings. The first-order chi connectivity index (χ1) is 9.32. The smallest absolute Gasteiger partial charge is 0.144 e. The van der Waals surface area contributed by atoms with Gasteiger partial charge in [-0.1, -0.05) is 16.4 Å². The molecule has 1 heterocycles. The normalized spacial score (nSPS) is 14.0. The maximum Gasteiger partial charge on any atom is 0.144 e. The van der Waals surface area contributed by atoms with Crippen LogP contribution < -0.4 is 0 Å². The van der Waals surface area contributed by atoms with Crippen molar-refractivity contribution in [3.8, 4) is 11.8 Å². The minimum absolute atomic E-state index is 0.340. The fourth-order valence-electron chi connectivity index (χ4n) is 1.28. The summed E-state index contributed by atoms with van der Waals surface area (Å²) in [5.74, 6) is 5.80. The van der Waals surface area contributed by atoms with Gasteiger partial charge in [0.15, 0.2) is 0 Å². The van der Waals surface area contributed by atoms with E-state index >= 15 is 0 Å². The second-order valence-corrected chi connectivity index (χ2v) is 7.22. The van der Waals surface area contributed by atoms with Crippen LogP contribution in [-0.2, 0) is 11.4 Å². The fourth-order valence-corrected chi connectivity index (χ4v) is 1.87. The van der Waals surface area contributed by atoms with Crippen molar-refractivity contribution in [1.82, 2.24) is 4.98 Å². The van der Waals surface area contributed by atoms with Gasteiger partial charge in [0.2, 0.25) is 0 Å². The Bertz CT molecular complexity index is 574. The van der Waals surface area contributed by atoms with Crippen LogP contribution >= 0.6 is 0 Å². The molecular weight excluding hydrogens is 268 g/mol. The van der Waals surface area contributed by atoms with Crippen LogP contribution in [0.5, 0.6) is 0 Å². The van der Waals surface area contributed by atoms with Crippen LogP contribution in [0.25, 0.3) is 6.08 Å². The van der Waals surface area contributed by atoms with Gasteiger partial charge in [-0.05, 0) is 52.3 Å². The number of hydrogen-bond donors (Lipinski definition) is 0. The summed E-state index contributed by atoms with van der Waals surface area (Å²) in [5, 5.41) is 0. The van der Waals surface area contributed by atoms with E-state index in [0.29, 0.717) is 0 Å². The summed E-state index contributed by atoms with van der Waals surface area (Å²) in [5.41, 5.74) is 2.55. The molecule has 106 valence electrons. The minimum Gasteiger partial charge on any atom is -0.591 e. The highest BCUT2D eigenvalue weighted by molar-refractivity contribution is 7.91. The molecule has 0 spiro atoms. The van der Waals surface area contributed by atoms with Gasteiger partial charge in [0, 0.05) is 18.0 Å². The van der Waals surface area contributed by atoms with Gasteiger partial charge in [0.05, 0.1) is 5.71 Å². The van der Waals surface area contributed by atoms with Crippen LogP contribution in [0.15, 0.2) is 28.9 Å². The Balaban J connectivity index is 2.84. The van der Waals surface area contributed by atoms with Gasteiger partial charge in [-0.15, -0.1) is 5.92 Å². The first kappa shape index (κ1) is 16.5. The van der Waals surface area contributed by atoms with Gasteiger partial charge in [0.1, 0.15) is 16.1 Å². The zero-order valence-electron chi connectivity index (χ0n) is 12.6. The lowest BCUT2D eigenvalue weighted by molar-refractivity contribution is 0.561. The zero-order valence-corrected chi connectivity index (χ0v) is 13.4. The van der Waals surface area contributed by atoms with Crippen LogP contribution in [-0.4, -0.2) is 20.0 Å². The molecule has 3 nitrogen and oxygen atoms in total. The van der Waals surface area contributed by atoms with Gasteiger partial charge in [-0.2, -0.15) is 0 Å². The average Bonchev–Trinajstić information content (AvgIpc) is 2.36. The standard InChI is InChI=1S/C16H20N2OS/c1-6-7-14-10-15(12-17-11-14)9-8-13(2)18-20(19)16(3,4)5/h8-12H,1-5H3/b9-8+,18-13+. The molecule has 0 aromatic carbocycles. The number of allylic oxidation sites excluding steroid dienone is 1. The predicted molar refractivity (Wildman–Crippen MR) is 86.8 cm³/mol.